The summed E-state index contributed by atoms with van der Waals surface area (Å²) in [6.45, 7) is 0.533. The Morgan fingerprint density at radius 1 is 1.50 bits per heavy atom. The summed E-state index contributed by atoms with van der Waals surface area (Å²) in [5, 5.41) is 17.2. The van der Waals surface area contributed by atoms with Crippen molar-refractivity contribution in [2.45, 2.75) is 13.0 Å². The number of aromatic carboxylic acids is 1. The molecule has 0 saturated carbocycles. The molecule has 1 aromatic rings. The van der Waals surface area contributed by atoms with Crippen molar-refractivity contribution >= 4 is 5.97 Å². The van der Waals surface area contributed by atoms with Crippen LogP contribution >= 0.6 is 0 Å². The number of carboxylic acid groups (broad SMARTS) is 1. The third kappa shape index (κ3) is 2.43. The van der Waals surface area contributed by atoms with Gasteiger partial charge in [0.25, 0.3) is 0 Å². The van der Waals surface area contributed by atoms with Crippen molar-refractivity contribution in [3.8, 4) is 0 Å². The Balaban J connectivity index is 2.95. The van der Waals surface area contributed by atoms with E-state index in [0.717, 1.165) is 0 Å². The molecule has 1 heterocycles. The minimum atomic E-state index is -1.23. The number of carbonyl (C=O) groups is 1. The molecule has 0 radical (unpaired) electrons. The van der Waals surface area contributed by atoms with Gasteiger partial charge in [-0.05, 0) is 6.42 Å². The number of aliphatic hydroxyl groups is 1. The molecule has 0 aliphatic carbocycles. The second-order valence-corrected chi connectivity index (χ2v) is 2.84. The standard InChI is InChI=1S/C9H11NO4/c11-5-1-3-10-4-2-8(12)7(6-10)9(13)14/h2,4,6,11H,1,3,5H2,(H,13,14). The second-order valence-electron chi connectivity index (χ2n) is 2.84. The van der Waals surface area contributed by atoms with E-state index in [4.69, 9.17) is 10.2 Å². The number of hydrogen-bond acceptors (Lipinski definition) is 3. The average Bonchev–Trinajstić information content (AvgIpc) is 2.16. The lowest BCUT2D eigenvalue weighted by atomic mass is 10.2. The number of carboxylic acids is 1. The minimum absolute atomic E-state index is 0.0362. The van der Waals surface area contributed by atoms with Crippen LogP contribution in [0, 0.1) is 0 Å². The first-order valence-electron chi connectivity index (χ1n) is 4.19. The monoisotopic (exact) mass is 197 g/mol. The summed E-state index contributed by atoms with van der Waals surface area (Å²) in [5.41, 5.74) is -0.747. The Labute approximate surface area is 80.2 Å². The van der Waals surface area contributed by atoms with Crippen molar-refractivity contribution < 1.29 is 15.0 Å². The smallest absolute Gasteiger partial charge is 0.341 e. The van der Waals surface area contributed by atoms with Crippen molar-refractivity contribution in [2.75, 3.05) is 6.61 Å². The third-order valence-electron chi connectivity index (χ3n) is 1.78. The predicted molar refractivity (Wildman–Crippen MR) is 49.4 cm³/mol. The second kappa shape index (κ2) is 4.57. The molecule has 14 heavy (non-hydrogen) atoms. The highest BCUT2D eigenvalue weighted by Gasteiger charge is 2.07. The topological polar surface area (TPSA) is 79.5 Å². The van der Waals surface area contributed by atoms with Crippen LogP contribution < -0.4 is 5.43 Å². The zero-order chi connectivity index (χ0) is 10.6. The summed E-state index contributed by atoms with van der Waals surface area (Å²) >= 11 is 0. The largest absolute Gasteiger partial charge is 0.477 e. The molecule has 2 N–H and O–H groups in total. The van der Waals surface area contributed by atoms with Gasteiger partial charge in [0.1, 0.15) is 5.56 Å². The summed E-state index contributed by atoms with van der Waals surface area (Å²) in [7, 11) is 0. The molecule has 0 fully saturated rings. The number of hydrogen-bond donors (Lipinski definition) is 2. The van der Waals surface area contributed by atoms with Gasteiger partial charge in [-0.1, -0.05) is 0 Å². The Hall–Kier alpha value is -1.62. The highest BCUT2D eigenvalue weighted by atomic mass is 16.4. The molecule has 0 aromatic carbocycles. The first-order valence-corrected chi connectivity index (χ1v) is 4.19. The zero-order valence-corrected chi connectivity index (χ0v) is 7.51. The number of aromatic nitrogens is 1. The average molecular weight is 197 g/mol. The van der Waals surface area contributed by atoms with E-state index in [2.05, 4.69) is 0 Å². The number of pyridine rings is 1. The maximum absolute atomic E-state index is 11.0. The highest BCUT2D eigenvalue weighted by Crippen LogP contribution is 1.94. The lowest BCUT2D eigenvalue weighted by molar-refractivity contribution is 0.0694. The van der Waals surface area contributed by atoms with Crippen LogP contribution in [0.2, 0.25) is 0 Å². The lowest BCUT2D eigenvalue weighted by Crippen LogP contribution is -2.16. The van der Waals surface area contributed by atoms with Gasteiger partial charge in [0.15, 0.2) is 5.43 Å². The molecule has 0 saturated heterocycles. The number of nitrogens with zero attached hydrogens (tertiary/aromatic N) is 1. The minimum Gasteiger partial charge on any atom is -0.477 e. The Bertz CT molecular complexity index is 383. The van der Waals surface area contributed by atoms with Gasteiger partial charge in [-0.25, -0.2) is 4.79 Å². The third-order valence-corrected chi connectivity index (χ3v) is 1.78. The van der Waals surface area contributed by atoms with Crippen LogP contribution in [-0.4, -0.2) is 27.4 Å². The zero-order valence-electron chi connectivity index (χ0n) is 7.51. The maximum Gasteiger partial charge on any atom is 0.341 e. The van der Waals surface area contributed by atoms with Gasteiger partial charge in [0, 0.05) is 31.6 Å². The van der Waals surface area contributed by atoms with Crippen molar-refractivity contribution in [3.63, 3.8) is 0 Å². The predicted octanol–water partition coefficient (Wildman–Crippen LogP) is -0.0711. The molecule has 0 atom stereocenters. The molecular formula is C9H11NO4. The fraction of sp³-hybridized carbons (Fsp3) is 0.333. The van der Waals surface area contributed by atoms with Crippen LogP contribution in [0.5, 0.6) is 0 Å². The molecule has 5 nitrogen and oxygen atoms in total. The van der Waals surface area contributed by atoms with E-state index < -0.39 is 11.4 Å². The Morgan fingerprint density at radius 2 is 2.21 bits per heavy atom. The molecule has 1 rings (SSSR count). The van der Waals surface area contributed by atoms with Gasteiger partial charge in [0.05, 0.1) is 0 Å². The van der Waals surface area contributed by atoms with Gasteiger partial charge in [-0.2, -0.15) is 0 Å². The van der Waals surface area contributed by atoms with E-state index in [9.17, 15) is 9.59 Å². The van der Waals surface area contributed by atoms with Gasteiger partial charge in [-0.3, -0.25) is 4.79 Å². The summed E-state index contributed by atoms with van der Waals surface area (Å²) in [4.78, 5) is 21.6. The summed E-state index contributed by atoms with van der Waals surface area (Å²) in [5.74, 6) is -1.23. The molecule has 0 aliphatic heterocycles. The summed E-state index contributed by atoms with van der Waals surface area (Å²) in [6, 6.07) is 1.21. The van der Waals surface area contributed by atoms with E-state index in [0.29, 0.717) is 13.0 Å². The first-order chi connectivity index (χ1) is 6.65. The lowest BCUT2D eigenvalue weighted by Gasteiger charge is -2.04. The van der Waals surface area contributed by atoms with Crippen molar-refractivity contribution in [3.05, 3.63) is 34.2 Å². The summed E-state index contributed by atoms with van der Waals surface area (Å²) in [6.07, 6.45) is 3.31. The fourth-order valence-electron chi connectivity index (χ4n) is 1.08. The fourth-order valence-corrected chi connectivity index (χ4v) is 1.08. The van der Waals surface area contributed by atoms with Gasteiger partial charge < -0.3 is 14.8 Å². The molecule has 1 aromatic heterocycles. The van der Waals surface area contributed by atoms with Crippen LogP contribution in [0.15, 0.2) is 23.3 Å². The van der Waals surface area contributed by atoms with Crippen LogP contribution in [-0.2, 0) is 6.54 Å². The molecular weight excluding hydrogens is 186 g/mol. The Morgan fingerprint density at radius 3 is 2.79 bits per heavy atom. The van der Waals surface area contributed by atoms with E-state index in [1.165, 1.54) is 18.5 Å². The molecule has 0 unspecified atom stereocenters. The van der Waals surface area contributed by atoms with Crippen LogP contribution in [0.1, 0.15) is 16.8 Å². The molecule has 0 bridgehead atoms. The number of aryl methyl sites for hydroxylation is 1. The summed E-state index contributed by atoms with van der Waals surface area (Å²) < 4.78 is 1.57. The Kier molecular flexibility index (Phi) is 3.41. The molecule has 0 amide bonds. The number of rotatable bonds is 4. The molecule has 76 valence electrons. The van der Waals surface area contributed by atoms with Crippen LogP contribution in [0.3, 0.4) is 0 Å². The SMILES string of the molecule is O=C(O)c1cn(CCCO)ccc1=O. The van der Waals surface area contributed by atoms with Crippen molar-refractivity contribution in [1.82, 2.24) is 4.57 Å². The van der Waals surface area contributed by atoms with Gasteiger partial charge in [0.2, 0.25) is 0 Å². The maximum atomic E-state index is 11.0. The van der Waals surface area contributed by atoms with Crippen LogP contribution in [0.25, 0.3) is 0 Å². The van der Waals surface area contributed by atoms with Crippen LogP contribution in [0.4, 0.5) is 0 Å². The molecule has 5 heteroatoms. The van der Waals surface area contributed by atoms with E-state index in [1.54, 1.807) is 4.57 Å². The normalized spacial score (nSPS) is 10.1. The van der Waals surface area contributed by atoms with E-state index in [1.807, 2.05) is 0 Å². The molecule has 0 spiro atoms. The van der Waals surface area contributed by atoms with Gasteiger partial charge >= 0.3 is 5.97 Å². The van der Waals surface area contributed by atoms with Crippen molar-refractivity contribution in [1.29, 1.82) is 0 Å². The van der Waals surface area contributed by atoms with Gasteiger partial charge in [-0.15, -0.1) is 0 Å². The van der Waals surface area contributed by atoms with Crippen molar-refractivity contribution in [2.24, 2.45) is 0 Å². The quantitative estimate of drug-likeness (QED) is 0.708. The molecule has 0 aliphatic rings. The van der Waals surface area contributed by atoms with E-state index in [-0.39, 0.29) is 12.2 Å². The first kappa shape index (κ1) is 10.5. The van der Waals surface area contributed by atoms with E-state index >= 15 is 0 Å². The number of aliphatic hydroxyl groups excluding tert-OH is 1. The highest BCUT2D eigenvalue weighted by molar-refractivity contribution is 5.86.